The van der Waals surface area contributed by atoms with E-state index in [2.05, 4.69) is 12.1 Å². The summed E-state index contributed by atoms with van der Waals surface area (Å²) in [6.45, 7) is 0. The fourth-order valence-electron chi connectivity index (χ4n) is 2.00. The van der Waals surface area contributed by atoms with Gasteiger partial charge < -0.3 is 5.73 Å². The second kappa shape index (κ2) is 2.87. The summed E-state index contributed by atoms with van der Waals surface area (Å²) in [5, 5.41) is 7.61. The molecule has 0 bridgehead atoms. The summed E-state index contributed by atoms with van der Waals surface area (Å²) in [6, 6.07) is 10.2. The Morgan fingerprint density at radius 3 is 2.23 bits per heavy atom. The molecule has 0 spiro atoms. The van der Waals surface area contributed by atoms with Gasteiger partial charge in [-0.15, -0.1) is 0 Å². The molecule has 13 heavy (non-hydrogen) atoms. The van der Waals surface area contributed by atoms with E-state index in [4.69, 9.17) is 11.1 Å². The molecule has 1 aromatic rings. The van der Waals surface area contributed by atoms with Crippen molar-refractivity contribution in [1.29, 1.82) is 5.41 Å². The van der Waals surface area contributed by atoms with Gasteiger partial charge in [0, 0.05) is 0 Å². The summed E-state index contributed by atoms with van der Waals surface area (Å²) in [5.41, 5.74) is 6.73. The van der Waals surface area contributed by atoms with Gasteiger partial charge in [-0.1, -0.05) is 36.8 Å². The zero-order chi connectivity index (χ0) is 9.31. The Labute approximate surface area is 78.3 Å². The molecular weight excluding hydrogens is 160 g/mol. The Balaban J connectivity index is 2.38. The molecule has 1 fully saturated rings. The van der Waals surface area contributed by atoms with Gasteiger partial charge in [0.15, 0.2) is 0 Å². The van der Waals surface area contributed by atoms with Crippen molar-refractivity contribution in [2.45, 2.75) is 24.7 Å². The van der Waals surface area contributed by atoms with E-state index in [1.54, 1.807) is 0 Å². The average Bonchev–Trinajstić information content (AvgIpc) is 2.03. The molecule has 68 valence electrons. The second-order valence-corrected chi connectivity index (χ2v) is 3.72. The van der Waals surface area contributed by atoms with E-state index < -0.39 is 0 Å². The van der Waals surface area contributed by atoms with Crippen molar-refractivity contribution in [3.63, 3.8) is 0 Å². The number of hydrogen-bond donors (Lipinski definition) is 2. The molecule has 0 aliphatic heterocycles. The lowest BCUT2D eigenvalue weighted by Gasteiger charge is -2.41. The van der Waals surface area contributed by atoms with Gasteiger partial charge in [0.2, 0.25) is 0 Å². The molecule has 2 nitrogen and oxygen atoms in total. The van der Waals surface area contributed by atoms with E-state index in [1.165, 1.54) is 12.0 Å². The van der Waals surface area contributed by atoms with Crippen LogP contribution >= 0.6 is 0 Å². The van der Waals surface area contributed by atoms with E-state index in [0.717, 1.165) is 12.8 Å². The van der Waals surface area contributed by atoms with Crippen LogP contribution in [0.25, 0.3) is 0 Å². The largest absolute Gasteiger partial charge is 0.387 e. The lowest BCUT2D eigenvalue weighted by atomic mass is 9.64. The zero-order valence-corrected chi connectivity index (χ0v) is 7.59. The van der Waals surface area contributed by atoms with Crippen LogP contribution in [0.2, 0.25) is 0 Å². The number of nitrogens with one attached hydrogen (secondary N) is 1. The smallest absolute Gasteiger partial charge is 0.101 e. The van der Waals surface area contributed by atoms with Crippen LogP contribution in [0.5, 0.6) is 0 Å². The number of benzene rings is 1. The van der Waals surface area contributed by atoms with Gasteiger partial charge in [-0.05, 0) is 18.4 Å². The maximum Gasteiger partial charge on any atom is 0.101 e. The van der Waals surface area contributed by atoms with Crippen LogP contribution in [0.4, 0.5) is 0 Å². The molecule has 0 atom stereocenters. The molecule has 0 unspecified atom stereocenters. The lowest BCUT2D eigenvalue weighted by Crippen LogP contribution is -2.46. The summed E-state index contributed by atoms with van der Waals surface area (Å²) >= 11 is 0. The number of hydrogen-bond acceptors (Lipinski definition) is 1. The Kier molecular flexibility index (Phi) is 1.83. The van der Waals surface area contributed by atoms with E-state index in [9.17, 15) is 0 Å². The number of nitrogens with two attached hydrogens (primary N) is 1. The standard InChI is InChI=1S/C11H14N2/c12-10(13)11(7-4-8-11)9-5-2-1-3-6-9/h1-3,5-6H,4,7-8H2,(H3,12,13). The predicted molar refractivity (Wildman–Crippen MR) is 53.9 cm³/mol. The van der Waals surface area contributed by atoms with Crippen molar-refractivity contribution >= 4 is 5.84 Å². The fraction of sp³-hybridized carbons (Fsp3) is 0.364. The van der Waals surface area contributed by atoms with Crippen molar-refractivity contribution in [2.24, 2.45) is 5.73 Å². The Hall–Kier alpha value is -1.31. The first kappa shape index (κ1) is 8.30. The van der Waals surface area contributed by atoms with Crippen molar-refractivity contribution in [1.82, 2.24) is 0 Å². The molecule has 1 aliphatic carbocycles. The molecule has 3 N–H and O–H groups in total. The van der Waals surface area contributed by atoms with Crippen LogP contribution in [0.1, 0.15) is 24.8 Å². The SMILES string of the molecule is N=C(N)C1(c2ccccc2)CCC1. The Bertz CT molecular complexity index is 312. The minimum atomic E-state index is -0.124. The molecular formula is C11H14N2. The molecule has 0 radical (unpaired) electrons. The molecule has 1 saturated carbocycles. The van der Waals surface area contributed by atoms with Gasteiger partial charge >= 0.3 is 0 Å². The summed E-state index contributed by atoms with van der Waals surface area (Å²) in [7, 11) is 0. The predicted octanol–water partition coefficient (Wildman–Crippen LogP) is 2.04. The van der Waals surface area contributed by atoms with Gasteiger partial charge in [-0.2, -0.15) is 0 Å². The fourth-order valence-corrected chi connectivity index (χ4v) is 2.00. The molecule has 2 rings (SSSR count). The summed E-state index contributed by atoms with van der Waals surface area (Å²) in [4.78, 5) is 0. The first-order chi connectivity index (χ1) is 6.26. The Morgan fingerprint density at radius 1 is 1.23 bits per heavy atom. The molecule has 2 heteroatoms. The van der Waals surface area contributed by atoms with Gasteiger partial charge in [-0.3, -0.25) is 5.41 Å². The average molecular weight is 174 g/mol. The van der Waals surface area contributed by atoms with Crippen LogP contribution in [-0.2, 0) is 5.41 Å². The van der Waals surface area contributed by atoms with Gasteiger partial charge in [-0.25, -0.2) is 0 Å². The third kappa shape index (κ3) is 1.13. The highest BCUT2D eigenvalue weighted by atomic mass is 14.8. The van der Waals surface area contributed by atoms with Crippen molar-refractivity contribution < 1.29 is 0 Å². The van der Waals surface area contributed by atoms with Crippen molar-refractivity contribution in [3.8, 4) is 0 Å². The van der Waals surface area contributed by atoms with E-state index >= 15 is 0 Å². The lowest BCUT2D eigenvalue weighted by molar-refractivity contribution is 0.336. The minimum absolute atomic E-state index is 0.124. The van der Waals surface area contributed by atoms with Crippen molar-refractivity contribution in [2.75, 3.05) is 0 Å². The highest BCUT2D eigenvalue weighted by molar-refractivity contribution is 5.90. The van der Waals surface area contributed by atoms with Crippen LogP contribution in [0.3, 0.4) is 0 Å². The zero-order valence-electron chi connectivity index (χ0n) is 7.59. The van der Waals surface area contributed by atoms with Gasteiger partial charge in [0.1, 0.15) is 5.84 Å². The van der Waals surface area contributed by atoms with Crippen LogP contribution in [-0.4, -0.2) is 5.84 Å². The van der Waals surface area contributed by atoms with E-state index in [0.29, 0.717) is 5.84 Å². The monoisotopic (exact) mass is 174 g/mol. The molecule has 0 saturated heterocycles. The number of rotatable bonds is 2. The molecule has 0 amide bonds. The van der Waals surface area contributed by atoms with E-state index in [-0.39, 0.29) is 5.41 Å². The number of amidine groups is 1. The summed E-state index contributed by atoms with van der Waals surface area (Å²) in [5.74, 6) is 0.324. The van der Waals surface area contributed by atoms with Crippen LogP contribution < -0.4 is 5.73 Å². The molecule has 0 aromatic heterocycles. The van der Waals surface area contributed by atoms with Crippen LogP contribution in [0, 0.1) is 5.41 Å². The highest BCUT2D eigenvalue weighted by Gasteiger charge is 2.41. The third-order valence-corrected chi connectivity index (χ3v) is 3.05. The van der Waals surface area contributed by atoms with E-state index in [1.807, 2.05) is 18.2 Å². The quantitative estimate of drug-likeness (QED) is 0.523. The maximum atomic E-state index is 7.61. The maximum absolute atomic E-state index is 7.61. The van der Waals surface area contributed by atoms with Crippen molar-refractivity contribution in [3.05, 3.63) is 35.9 Å². The topological polar surface area (TPSA) is 49.9 Å². The van der Waals surface area contributed by atoms with Crippen LogP contribution in [0.15, 0.2) is 30.3 Å². The van der Waals surface area contributed by atoms with Gasteiger partial charge in [0.25, 0.3) is 0 Å². The third-order valence-electron chi connectivity index (χ3n) is 3.05. The van der Waals surface area contributed by atoms with Gasteiger partial charge in [0.05, 0.1) is 5.41 Å². The minimum Gasteiger partial charge on any atom is -0.387 e. The molecule has 0 heterocycles. The molecule has 1 aromatic carbocycles. The Morgan fingerprint density at radius 2 is 1.85 bits per heavy atom. The second-order valence-electron chi connectivity index (χ2n) is 3.72. The highest BCUT2D eigenvalue weighted by Crippen LogP contribution is 2.43. The normalized spacial score (nSPS) is 19.1. The molecule has 1 aliphatic rings. The first-order valence-corrected chi connectivity index (χ1v) is 4.66. The summed E-state index contributed by atoms with van der Waals surface area (Å²) in [6.07, 6.45) is 3.26. The first-order valence-electron chi connectivity index (χ1n) is 4.66. The summed E-state index contributed by atoms with van der Waals surface area (Å²) < 4.78 is 0.